The molecule has 3 amide bonds. The van der Waals surface area contributed by atoms with Crippen LogP contribution in [-0.2, 0) is 37.8 Å². The highest BCUT2D eigenvalue weighted by Gasteiger charge is 2.66. The normalized spacial score (nSPS) is 21.0. The fourth-order valence-corrected chi connectivity index (χ4v) is 15.2. The van der Waals surface area contributed by atoms with Crippen molar-refractivity contribution < 1.29 is 38.4 Å². The first-order valence-corrected chi connectivity index (χ1v) is 26.6. The number of aliphatic hydroxyl groups excluding tert-OH is 1. The van der Waals surface area contributed by atoms with Gasteiger partial charge in [-0.15, -0.1) is 5.10 Å². The molecule has 1 spiro atoms. The second-order valence-electron chi connectivity index (χ2n) is 18.9. The number of aryl methyl sites for hydroxylation is 1. The molecule has 6 aromatic carbocycles. The molecule has 0 aliphatic carbocycles. The molecular formula is C55H52N6O8Si. The molecule has 5 heterocycles. The van der Waals surface area contributed by atoms with Crippen LogP contribution in [0.1, 0.15) is 41.8 Å². The van der Waals surface area contributed by atoms with E-state index in [2.05, 4.69) is 42.5 Å². The Hall–Kier alpha value is -7.59. The van der Waals surface area contributed by atoms with Crippen molar-refractivity contribution in [2.24, 2.45) is 5.92 Å². The third-order valence-corrected chi connectivity index (χ3v) is 19.0. The topological polar surface area (TPSA) is 149 Å². The van der Waals surface area contributed by atoms with Crippen molar-refractivity contribution in [3.05, 3.63) is 174 Å². The summed E-state index contributed by atoms with van der Waals surface area (Å²) in [6, 6.07) is 46.0. The third kappa shape index (κ3) is 7.52. The first-order chi connectivity index (χ1) is 34.0. The Morgan fingerprint density at radius 2 is 1.37 bits per heavy atom. The quantitative estimate of drug-likeness (QED) is 0.119. The van der Waals surface area contributed by atoms with Gasteiger partial charge >= 0.3 is 0 Å². The average Bonchev–Trinajstić information content (AvgIpc) is 4.06. The summed E-state index contributed by atoms with van der Waals surface area (Å²) in [5.74, 6) is 1.03. The van der Waals surface area contributed by atoms with Crippen LogP contribution >= 0.6 is 0 Å². The Labute approximate surface area is 406 Å². The van der Waals surface area contributed by atoms with E-state index in [4.69, 9.17) is 18.9 Å². The summed E-state index contributed by atoms with van der Waals surface area (Å²) in [4.78, 5) is 48.2. The van der Waals surface area contributed by atoms with Crippen molar-refractivity contribution in [2.75, 3.05) is 35.0 Å². The lowest BCUT2D eigenvalue weighted by atomic mass is 9.82. The number of amides is 3. The van der Waals surface area contributed by atoms with Crippen LogP contribution in [0.4, 0.5) is 28.4 Å². The van der Waals surface area contributed by atoms with Gasteiger partial charge in [-0.05, 0) is 89.8 Å². The highest BCUT2D eigenvalue weighted by atomic mass is 28.3. The lowest BCUT2D eigenvalue weighted by Gasteiger charge is -2.37. The number of hydrogen-bond acceptors (Lipinski definition) is 10. The first-order valence-electron chi connectivity index (χ1n) is 23.6. The minimum absolute atomic E-state index is 0.0703. The molecule has 0 radical (unpaired) electrons. The summed E-state index contributed by atoms with van der Waals surface area (Å²) in [7, 11) is -0.904. The maximum absolute atomic E-state index is 15.9. The number of carbonyl (C=O) groups excluding carboxylic acids is 3. The van der Waals surface area contributed by atoms with Crippen LogP contribution in [-0.4, -0.2) is 72.3 Å². The molecule has 1 fully saturated rings. The maximum atomic E-state index is 15.9. The van der Waals surface area contributed by atoms with E-state index in [1.165, 1.54) is 5.19 Å². The van der Waals surface area contributed by atoms with Crippen LogP contribution in [0.15, 0.2) is 152 Å². The van der Waals surface area contributed by atoms with E-state index in [9.17, 15) is 14.7 Å². The van der Waals surface area contributed by atoms with E-state index in [1.807, 2.05) is 138 Å². The molecule has 70 heavy (non-hydrogen) atoms. The van der Waals surface area contributed by atoms with Gasteiger partial charge in [-0.25, -0.2) is 0 Å². The zero-order valence-corrected chi connectivity index (χ0v) is 40.3. The summed E-state index contributed by atoms with van der Waals surface area (Å²) in [6.45, 7) is 7.25. The number of ether oxygens (including phenoxy) is 4. The molecule has 1 aromatic heterocycles. The number of carbonyl (C=O) groups is 3. The van der Waals surface area contributed by atoms with Crippen LogP contribution in [0.5, 0.6) is 17.2 Å². The van der Waals surface area contributed by atoms with Crippen molar-refractivity contribution in [1.82, 2.24) is 15.0 Å². The number of rotatable bonds is 12. The Morgan fingerprint density at radius 1 is 0.757 bits per heavy atom. The Bertz CT molecular complexity index is 3130. The predicted molar refractivity (Wildman–Crippen MR) is 267 cm³/mol. The van der Waals surface area contributed by atoms with Crippen molar-refractivity contribution in [2.45, 2.75) is 62.9 Å². The molecule has 1 saturated heterocycles. The van der Waals surface area contributed by atoms with Crippen molar-refractivity contribution in [1.29, 1.82) is 0 Å². The number of methoxy groups -OCH3 is 1. The van der Waals surface area contributed by atoms with Crippen LogP contribution in [0, 0.1) is 5.92 Å². The van der Waals surface area contributed by atoms with E-state index in [0.717, 1.165) is 16.9 Å². The Kier molecular flexibility index (Phi) is 11.4. The van der Waals surface area contributed by atoms with Crippen LogP contribution in [0.2, 0.25) is 18.6 Å². The summed E-state index contributed by atoms with van der Waals surface area (Å²) >= 11 is 0. The van der Waals surface area contributed by atoms with Gasteiger partial charge in [0.1, 0.15) is 29.0 Å². The number of aliphatic hydroxyl groups is 1. The lowest BCUT2D eigenvalue weighted by molar-refractivity contribution is -0.146. The molecule has 11 rings (SSSR count). The number of fused-ring (bicyclic) bond motifs is 4. The van der Waals surface area contributed by atoms with Crippen LogP contribution in [0.3, 0.4) is 0 Å². The van der Waals surface area contributed by atoms with E-state index in [0.29, 0.717) is 64.2 Å². The minimum atomic E-state index is -2.56. The third-order valence-electron chi connectivity index (χ3n) is 14.6. The van der Waals surface area contributed by atoms with E-state index < -0.39 is 25.9 Å². The SMILES string of the molecule is COc1ccc([Si](C)(C)[C@H]2[C@H](CCn3cc([C@H](O)c4ccccc4)nn3)O[C@@]3(C(=O)N(Cc4ccc(N5C(=O)COc6ccccc65)cc4)c4ccc(N5C(=O)COc6ccccc65)cc43)[C@@H]2C)cc1. The van der Waals surface area contributed by atoms with Gasteiger partial charge in [-0.3, -0.25) is 28.9 Å². The van der Waals surface area contributed by atoms with E-state index in [1.54, 1.807) is 27.8 Å². The second kappa shape index (κ2) is 17.7. The fourth-order valence-electron chi connectivity index (χ4n) is 11.2. The number of hydrogen-bond donors (Lipinski definition) is 1. The molecule has 4 aliphatic heterocycles. The maximum Gasteiger partial charge on any atom is 0.269 e. The highest BCUT2D eigenvalue weighted by molar-refractivity contribution is 6.91. The van der Waals surface area contributed by atoms with E-state index >= 15 is 4.79 Å². The molecule has 0 saturated carbocycles. The highest BCUT2D eigenvalue weighted by Crippen LogP contribution is 2.61. The Balaban J connectivity index is 0.990. The van der Waals surface area contributed by atoms with Gasteiger partial charge in [0.2, 0.25) is 0 Å². The predicted octanol–water partition coefficient (Wildman–Crippen LogP) is 8.34. The van der Waals surface area contributed by atoms with Gasteiger partial charge in [-0.1, -0.05) is 109 Å². The van der Waals surface area contributed by atoms with Crippen molar-refractivity contribution in [3.8, 4) is 17.2 Å². The lowest BCUT2D eigenvalue weighted by Crippen LogP contribution is -2.51. The molecule has 14 nitrogen and oxygen atoms in total. The Morgan fingerprint density at radius 3 is 2.03 bits per heavy atom. The largest absolute Gasteiger partial charge is 0.497 e. The average molecular weight is 953 g/mol. The number of benzene rings is 6. The van der Waals surface area contributed by atoms with Crippen LogP contribution in [0.25, 0.3) is 0 Å². The molecule has 7 aromatic rings. The van der Waals surface area contributed by atoms with Crippen molar-refractivity contribution in [3.63, 3.8) is 0 Å². The molecule has 0 unspecified atom stereocenters. The number of aromatic nitrogens is 3. The number of anilines is 5. The van der Waals surface area contributed by atoms with E-state index in [-0.39, 0.29) is 48.9 Å². The minimum Gasteiger partial charge on any atom is -0.497 e. The van der Waals surface area contributed by atoms with Crippen LogP contribution < -0.4 is 34.1 Å². The smallest absolute Gasteiger partial charge is 0.269 e. The van der Waals surface area contributed by atoms with Gasteiger partial charge in [0.25, 0.3) is 17.7 Å². The van der Waals surface area contributed by atoms with Gasteiger partial charge < -0.3 is 29.0 Å². The van der Waals surface area contributed by atoms with Gasteiger partial charge in [0.05, 0.1) is 51.1 Å². The molecule has 0 bridgehead atoms. The molecule has 354 valence electrons. The fraction of sp³-hybridized carbons (Fsp3) is 0.255. The number of nitrogens with zero attached hydrogens (tertiary/aromatic N) is 6. The second-order valence-corrected chi connectivity index (χ2v) is 23.6. The van der Waals surface area contributed by atoms with Gasteiger partial charge in [-0.2, -0.15) is 0 Å². The van der Waals surface area contributed by atoms with Gasteiger partial charge in [0.15, 0.2) is 18.8 Å². The standard InChI is InChI=1S/C55H52N6O8Si/c1-35-53(70(3,4)41-25-23-40(66-2)24-26-41)49(28-29-58-32-43(56-57-58)52(64)37-12-6-5-7-13-37)69-55(35)42-30-39(61-46-15-9-11-17-48(46)68-34-51(61)63)22-27-44(42)59(54(55)65)31-36-18-20-38(21-19-36)60-45-14-8-10-16-47(45)67-33-50(60)62/h5-27,30,32,35,49,52-53,64H,28-29,31,33-34H2,1-4H3/t35-,49+,52-,53-,55+/m1/s1. The van der Waals surface area contributed by atoms with Crippen molar-refractivity contribution >= 4 is 59.4 Å². The summed E-state index contributed by atoms with van der Waals surface area (Å²) in [6.07, 6.45) is 0.899. The molecule has 15 heteroatoms. The molecule has 5 atom stereocenters. The summed E-state index contributed by atoms with van der Waals surface area (Å²) in [5, 5.41) is 21.2. The van der Waals surface area contributed by atoms with Gasteiger partial charge in [0, 0.05) is 29.4 Å². The molecular weight excluding hydrogens is 901 g/mol. The number of para-hydroxylation sites is 4. The molecule has 1 N–H and O–H groups in total. The first kappa shape index (κ1) is 44.9. The zero-order chi connectivity index (χ0) is 48.3. The zero-order valence-electron chi connectivity index (χ0n) is 39.3. The molecule has 4 aliphatic rings. The monoisotopic (exact) mass is 952 g/mol. The summed E-state index contributed by atoms with van der Waals surface area (Å²) < 4.78 is 26.4. The summed E-state index contributed by atoms with van der Waals surface area (Å²) in [5.41, 5.74) is 4.40.